The van der Waals surface area contributed by atoms with Gasteiger partial charge in [0.1, 0.15) is 0 Å². The highest BCUT2D eigenvalue weighted by molar-refractivity contribution is 7.80. The summed E-state index contributed by atoms with van der Waals surface area (Å²) in [6.07, 6.45) is 6.35. The highest BCUT2D eigenvalue weighted by Crippen LogP contribution is 2.40. The predicted octanol–water partition coefficient (Wildman–Crippen LogP) is 4.97. The molecule has 0 saturated heterocycles. The van der Waals surface area contributed by atoms with Gasteiger partial charge in [0, 0.05) is 11.7 Å². The molecule has 0 amide bonds. The standard InChI is InChI=1S/C18H28N2S/c1-4-18(2,3)14-10-12-16(13-11-14)20-17(21)19-15-8-6-5-7-9-15/h5-9,14,16H,4,10-13H2,1-3H3,(H2,19,20,21). The Balaban J connectivity index is 1.77. The summed E-state index contributed by atoms with van der Waals surface area (Å²) in [5.41, 5.74) is 1.53. The number of rotatable bonds is 4. The van der Waals surface area contributed by atoms with Gasteiger partial charge in [0.15, 0.2) is 5.11 Å². The smallest absolute Gasteiger partial charge is 0.170 e. The number of anilines is 1. The van der Waals surface area contributed by atoms with Gasteiger partial charge in [-0.05, 0) is 61.4 Å². The van der Waals surface area contributed by atoms with Gasteiger partial charge in [-0.3, -0.25) is 0 Å². The second-order valence-electron chi connectivity index (χ2n) is 6.86. The normalized spacial score (nSPS) is 22.6. The Hall–Kier alpha value is -1.09. The van der Waals surface area contributed by atoms with Gasteiger partial charge in [-0.25, -0.2) is 0 Å². The molecular weight excluding hydrogens is 276 g/mol. The summed E-state index contributed by atoms with van der Waals surface area (Å²) in [6.45, 7) is 7.13. The molecule has 0 atom stereocenters. The maximum absolute atomic E-state index is 5.42. The van der Waals surface area contributed by atoms with E-state index >= 15 is 0 Å². The maximum Gasteiger partial charge on any atom is 0.170 e. The minimum absolute atomic E-state index is 0.480. The van der Waals surface area contributed by atoms with E-state index in [9.17, 15) is 0 Å². The molecule has 0 heterocycles. The van der Waals surface area contributed by atoms with Crippen LogP contribution in [0, 0.1) is 11.3 Å². The average Bonchev–Trinajstić information content (AvgIpc) is 2.48. The van der Waals surface area contributed by atoms with Crippen molar-refractivity contribution >= 4 is 23.0 Å². The summed E-state index contributed by atoms with van der Waals surface area (Å²) >= 11 is 5.42. The zero-order chi connectivity index (χ0) is 15.3. The van der Waals surface area contributed by atoms with Crippen molar-refractivity contribution in [1.29, 1.82) is 0 Å². The lowest BCUT2D eigenvalue weighted by atomic mass is 9.69. The summed E-state index contributed by atoms with van der Waals surface area (Å²) < 4.78 is 0. The lowest BCUT2D eigenvalue weighted by Crippen LogP contribution is -2.41. The fourth-order valence-corrected chi connectivity index (χ4v) is 3.47. The third kappa shape index (κ3) is 4.70. The van der Waals surface area contributed by atoms with Gasteiger partial charge in [-0.15, -0.1) is 0 Å². The molecule has 0 unspecified atom stereocenters. The lowest BCUT2D eigenvalue weighted by molar-refractivity contribution is 0.141. The van der Waals surface area contributed by atoms with Crippen LogP contribution in [0.15, 0.2) is 30.3 Å². The highest BCUT2D eigenvalue weighted by atomic mass is 32.1. The lowest BCUT2D eigenvalue weighted by Gasteiger charge is -2.39. The third-order valence-corrected chi connectivity index (χ3v) is 5.33. The number of nitrogens with one attached hydrogen (secondary N) is 2. The van der Waals surface area contributed by atoms with Crippen molar-refractivity contribution in [3.05, 3.63) is 30.3 Å². The fourth-order valence-electron chi connectivity index (χ4n) is 3.18. The van der Waals surface area contributed by atoms with Gasteiger partial charge in [-0.2, -0.15) is 0 Å². The van der Waals surface area contributed by atoms with Crippen molar-refractivity contribution in [2.75, 3.05) is 5.32 Å². The van der Waals surface area contributed by atoms with Crippen LogP contribution in [0.5, 0.6) is 0 Å². The molecule has 2 N–H and O–H groups in total. The van der Waals surface area contributed by atoms with Gasteiger partial charge < -0.3 is 10.6 Å². The number of hydrogen-bond donors (Lipinski definition) is 2. The molecule has 0 radical (unpaired) electrons. The quantitative estimate of drug-likeness (QED) is 0.768. The molecular formula is C18H28N2S. The molecule has 116 valence electrons. The van der Waals surface area contributed by atoms with Crippen LogP contribution in [0.25, 0.3) is 0 Å². The van der Waals surface area contributed by atoms with Crippen LogP contribution >= 0.6 is 12.2 Å². The van der Waals surface area contributed by atoms with E-state index in [-0.39, 0.29) is 0 Å². The van der Waals surface area contributed by atoms with Gasteiger partial charge in [0.2, 0.25) is 0 Å². The van der Waals surface area contributed by atoms with E-state index in [4.69, 9.17) is 12.2 Å². The summed E-state index contributed by atoms with van der Waals surface area (Å²) in [7, 11) is 0. The first kappa shape index (κ1) is 16.3. The number of para-hydroxylation sites is 1. The van der Waals surface area contributed by atoms with Crippen molar-refractivity contribution in [3.8, 4) is 0 Å². The fraction of sp³-hybridized carbons (Fsp3) is 0.611. The van der Waals surface area contributed by atoms with Gasteiger partial charge in [0.05, 0.1) is 0 Å². The van der Waals surface area contributed by atoms with E-state index < -0.39 is 0 Å². The third-order valence-electron chi connectivity index (χ3n) is 5.11. The van der Waals surface area contributed by atoms with Crippen molar-refractivity contribution in [3.63, 3.8) is 0 Å². The zero-order valence-corrected chi connectivity index (χ0v) is 14.3. The Kier molecular flexibility index (Phi) is 5.63. The molecule has 1 aromatic carbocycles. The predicted molar refractivity (Wildman–Crippen MR) is 95.6 cm³/mol. The van der Waals surface area contributed by atoms with Gasteiger partial charge in [0.25, 0.3) is 0 Å². The molecule has 0 spiro atoms. The summed E-state index contributed by atoms with van der Waals surface area (Å²) in [6, 6.07) is 10.6. The number of benzene rings is 1. The van der Waals surface area contributed by atoms with Crippen LogP contribution in [0.2, 0.25) is 0 Å². The molecule has 1 aromatic rings. The minimum atomic E-state index is 0.480. The van der Waals surface area contributed by atoms with E-state index in [2.05, 4.69) is 31.4 Å². The Morgan fingerprint density at radius 3 is 2.33 bits per heavy atom. The second kappa shape index (κ2) is 7.26. The topological polar surface area (TPSA) is 24.1 Å². The Bertz CT molecular complexity index is 448. The zero-order valence-electron chi connectivity index (χ0n) is 13.5. The molecule has 1 aliphatic carbocycles. The monoisotopic (exact) mass is 304 g/mol. The Morgan fingerprint density at radius 2 is 1.76 bits per heavy atom. The van der Waals surface area contributed by atoms with Crippen LogP contribution in [-0.4, -0.2) is 11.2 Å². The molecule has 1 fully saturated rings. The summed E-state index contributed by atoms with van der Waals surface area (Å²) in [5, 5.41) is 7.49. The molecule has 0 aliphatic heterocycles. The number of thiocarbonyl (C=S) groups is 1. The van der Waals surface area contributed by atoms with E-state index in [1.165, 1.54) is 32.1 Å². The molecule has 3 heteroatoms. The highest BCUT2D eigenvalue weighted by Gasteiger charge is 2.31. The first-order valence-corrected chi connectivity index (χ1v) is 8.54. The Labute approximate surface area is 134 Å². The maximum atomic E-state index is 5.42. The summed E-state index contributed by atoms with van der Waals surface area (Å²) in [5.74, 6) is 0.858. The number of hydrogen-bond acceptors (Lipinski definition) is 1. The molecule has 2 rings (SSSR count). The van der Waals surface area contributed by atoms with E-state index in [1.807, 2.05) is 30.3 Å². The van der Waals surface area contributed by atoms with Gasteiger partial charge >= 0.3 is 0 Å². The van der Waals surface area contributed by atoms with Crippen LogP contribution in [-0.2, 0) is 0 Å². The first-order valence-electron chi connectivity index (χ1n) is 8.14. The molecule has 0 aromatic heterocycles. The molecule has 1 saturated carbocycles. The Morgan fingerprint density at radius 1 is 1.14 bits per heavy atom. The summed E-state index contributed by atoms with van der Waals surface area (Å²) in [4.78, 5) is 0. The largest absolute Gasteiger partial charge is 0.360 e. The van der Waals surface area contributed by atoms with Crippen LogP contribution in [0.4, 0.5) is 5.69 Å². The van der Waals surface area contributed by atoms with Crippen molar-refractivity contribution in [2.24, 2.45) is 11.3 Å². The second-order valence-corrected chi connectivity index (χ2v) is 7.26. The van der Waals surface area contributed by atoms with E-state index in [1.54, 1.807) is 0 Å². The molecule has 21 heavy (non-hydrogen) atoms. The van der Waals surface area contributed by atoms with Crippen LogP contribution < -0.4 is 10.6 Å². The van der Waals surface area contributed by atoms with Crippen LogP contribution in [0.1, 0.15) is 52.9 Å². The van der Waals surface area contributed by atoms with Crippen molar-refractivity contribution < 1.29 is 0 Å². The average molecular weight is 305 g/mol. The minimum Gasteiger partial charge on any atom is -0.360 e. The van der Waals surface area contributed by atoms with Crippen molar-refractivity contribution in [2.45, 2.75) is 58.9 Å². The van der Waals surface area contributed by atoms with E-state index in [0.29, 0.717) is 11.5 Å². The van der Waals surface area contributed by atoms with E-state index in [0.717, 1.165) is 16.7 Å². The van der Waals surface area contributed by atoms with Gasteiger partial charge in [-0.1, -0.05) is 45.4 Å². The molecule has 0 bridgehead atoms. The SMILES string of the molecule is CCC(C)(C)C1CCC(NC(=S)Nc2ccccc2)CC1. The van der Waals surface area contributed by atoms with Crippen molar-refractivity contribution in [1.82, 2.24) is 5.32 Å². The van der Waals surface area contributed by atoms with Crippen LogP contribution in [0.3, 0.4) is 0 Å². The molecule has 2 nitrogen and oxygen atoms in total. The molecule has 1 aliphatic rings. The first-order chi connectivity index (χ1) is 10.0.